The molecule has 3 heteroatoms. The molecule has 2 nitrogen and oxygen atoms in total. The van der Waals surface area contributed by atoms with E-state index in [1.165, 1.54) is 0 Å². The smallest absolute Gasteiger partial charge is 0.232 e. The maximum absolute atomic E-state index is 11.3. The van der Waals surface area contributed by atoms with Crippen LogP contribution in [0.4, 0.5) is 0 Å². The Kier molecular flexibility index (Phi) is 2.98. The molecule has 1 aromatic heterocycles. The van der Waals surface area contributed by atoms with E-state index in [1.54, 1.807) is 17.8 Å². The van der Waals surface area contributed by atoms with E-state index in [4.69, 9.17) is 0 Å². The summed E-state index contributed by atoms with van der Waals surface area (Å²) in [5.74, 6) is 1.06. The molecule has 0 bridgehead atoms. The molecule has 0 fully saturated rings. The number of hydrogen-bond acceptors (Lipinski definition) is 2. The van der Waals surface area contributed by atoms with Crippen LogP contribution in [0.25, 0.3) is 0 Å². The Labute approximate surface area is 77.2 Å². The lowest BCUT2D eigenvalue weighted by molar-refractivity contribution is -0.717. The van der Waals surface area contributed by atoms with Crippen molar-refractivity contribution >= 4 is 11.8 Å². The SMILES string of the molecule is CCSc1c([O-])ccc(C)[n+]1C. The van der Waals surface area contributed by atoms with Gasteiger partial charge in [0.05, 0.1) is 0 Å². The van der Waals surface area contributed by atoms with E-state index in [0.29, 0.717) is 0 Å². The standard InChI is InChI=1S/C9H13NOS/c1-4-12-9-8(11)6-5-7(2)10(9)3/h5-6H,4H2,1-3H3. The van der Waals surface area contributed by atoms with Gasteiger partial charge in [-0.15, -0.1) is 0 Å². The molecule has 0 saturated carbocycles. The van der Waals surface area contributed by atoms with E-state index in [0.717, 1.165) is 16.5 Å². The van der Waals surface area contributed by atoms with Gasteiger partial charge in [0.2, 0.25) is 5.03 Å². The summed E-state index contributed by atoms with van der Waals surface area (Å²) >= 11 is 1.59. The molecule has 0 saturated heterocycles. The van der Waals surface area contributed by atoms with Gasteiger partial charge in [-0.05, 0) is 5.75 Å². The number of rotatable bonds is 2. The highest BCUT2D eigenvalue weighted by Crippen LogP contribution is 2.21. The van der Waals surface area contributed by atoms with Crippen molar-refractivity contribution in [2.45, 2.75) is 18.9 Å². The van der Waals surface area contributed by atoms with Gasteiger partial charge < -0.3 is 5.11 Å². The van der Waals surface area contributed by atoms with Gasteiger partial charge in [0.15, 0.2) is 5.69 Å². The fourth-order valence-corrected chi connectivity index (χ4v) is 1.83. The van der Waals surface area contributed by atoms with Crippen LogP contribution in [0.1, 0.15) is 12.6 Å². The second-order valence-electron chi connectivity index (χ2n) is 2.64. The molecule has 0 unspecified atom stereocenters. The molecule has 12 heavy (non-hydrogen) atoms. The first-order chi connectivity index (χ1) is 5.66. The second kappa shape index (κ2) is 3.81. The molecule has 0 N–H and O–H groups in total. The first-order valence-corrected chi connectivity index (χ1v) is 4.94. The summed E-state index contributed by atoms with van der Waals surface area (Å²) in [6.45, 7) is 4.05. The Morgan fingerprint density at radius 2 is 2.17 bits per heavy atom. The quantitative estimate of drug-likeness (QED) is 0.505. The molecule has 0 spiro atoms. The van der Waals surface area contributed by atoms with Gasteiger partial charge in [-0.1, -0.05) is 24.8 Å². The van der Waals surface area contributed by atoms with Crippen molar-refractivity contribution in [2.24, 2.45) is 7.05 Å². The Bertz CT molecular complexity index is 286. The molecule has 1 heterocycles. The van der Waals surface area contributed by atoms with Gasteiger partial charge >= 0.3 is 0 Å². The second-order valence-corrected chi connectivity index (χ2v) is 3.89. The third-order valence-electron chi connectivity index (χ3n) is 1.80. The van der Waals surface area contributed by atoms with E-state index in [2.05, 4.69) is 0 Å². The van der Waals surface area contributed by atoms with Crippen LogP contribution >= 0.6 is 11.8 Å². The van der Waals surface area contributed by atoms with E-state index in [9.17, 15) is 5.11 Å². The normalized spacial score (nSPS) is 10.2. The van der Waals surface area contributed by atoms with E-state index < -0.39 is 0 Å². The van der Waals surface area contributed by atoms with Crippen LogP contribution in [0, 0.1) is 6.92 Å². The lowest BCUT2D eigenvalue weighted by atomic mass is 10.3. The predicted molar refractivity (Wildman–Crippen MR) is 48.2 cm³/mol. The Hall–Kier alpha value is -0.700. The monoisotopic (exact) mass is 183 g/mol. The van der Waals surface area contributed by atoms with Crippen LogP contribution in [0.15, 0.2) is 17.2 Å². The molecule has 0 aliphatic heterocycles. The van der Waals surface area contributed by atoms with Gasteiger partial charge in [-0.25, -0.2) is 0 Å². The first-order valence-electron chi connectivity index (χ1n) is 3.96. The van der Waals surface area contributed by atoms with Crippen molar-refractivity contribution in [2.75, 3.05) is 5.75 Å². The van der Waals surface area contributed by atoms with Crippen LogP contribution in [-0.4, -0.2) is 5.75 Å². The number of aryl methyl sites for hydroxylation is 1. The lowest BCUT2D eigenvalue weighted by Gasteiger charge is -2.09. The minimum Gasteiger partial charge on any atom is -0.868 e. The Morgan fingerprint density at radius 3 is 2.75 bits per heavy atom. The number of pyridine rings is 1. The summed E-state index contributed by atoms with van der Waals surface area (Å²) in [5, 5.41) is 12.2. The maximum atomic E-state index is 11.3. The van der Waals surface area contributed by atoms with Crippen LogP contribution in [-0.2, 0) is 7.05 Å². The van der Waals surface area contributed by atoms with Crippen molar-refractivity contribution in [1.82, 2.24) is 0 Å². The highest BCUT2D eigenvalue weighted by atomic mass is 32.2. The molecule has 0 atom stereocenters. The molecule has 0 amide bonds. The third kappa shape index (κ3) is 1.72. The molecule has 0 aromatic carbocycles. The molecule has 0 aliphatic rings. The molecule has 66 valence electrons. The molecular weight excluding hydrogens is 170 g/mol. The molecule has 1 aromatic rings. The molecule has 1 rings (SSSR count). The average Bonchev–Trinajstić information content (AvgIpc) is 2.06. The van der Waals surface area contributed by atoms with Crippen LogP contribution in [0.2, 0.25) is 0 Å². The zero-order chi connectivity index (χ0) is 9.14. The molecular formula is C9H13NOS. The molecule has 0 aliphatic carbocycles. The van der Waals surface area contributed by atoms with Gasteiger partial charge in [-0.3, -0.25) is 0 Å². The van der Waals surface area contributed by atoms with Gasteiger partial charge in [0.1, 0.15) is 7.05 Å². The van der Waals surface area contributed by atoms with Crippen molar-refractivity contribution < 1.29 is 9.67 Å². The van der Waals surface area contributed by atoms with Crippen molar-refractivity contribution in [1.29, 1.82) is 0 Å². The van der Waals surface area contributed by atoms with E-state index in [1.807, 2.05) is 31.5 Å². The number of thioether (sulfide) groups is 1. The average molecular weight is 183 g/mol. The van der Waals surface area contributed by atoms with E-state index in [-0.39, 0.29) is 5.75 Å². The predicted octanol–water partition coefficient (Wildman–Crippen LogP) is 1.01. The maximum Gasteiger partial charge on any atom is 0.232 e. The summed E-state index contributed by atoms with van der Waals surface area (Å²) in [6, 6.07) is 3.48. The topological polar surface area (TPSA) is 26.9 Å². The fourth-order valence-electron chi connectivity index (χ4n) is 1.01. The number of hydrogen-bond donors (Lipinski definition) is 0. The van der Waals surface area contributed by atoms with Crippen molar-refractivity contribution in [3.05, 3.63) is 17.8 Å². The summed E-state index contributed by atoms with van der Waals surface area (Å²) in [7, 11) is 1.93. The summed E-state index contributed by atoms with van der Waals surface area (Å²) < 4.78 is 1.94. The van der Waals surface area contributed by atoms with Gasteiger partial charge in [0, 0.05) is 18.7 Å². The Balaban J connectivity index is 3.14. The first kappa shape index (κ1) is 9.39. The van der Waals surface area contributed by atoms with E-state index >= 15 is 0 Å². The fraction of sp³-hybridized carbons (Fsp3) is 0.444. The largest absolute Gasteiger partial charge is 0.868 e. The van der Waals surface area contributed by atoms with Crippen LogP contribution in [0.5, 0.6) is 5.75 Å². The summed E-state index contributed by atoms with van der Waals surface area (Å²) in [6.07, 6.45) is 0. The zero-order valence-corrected chi connectivity index (χ0v) is 8.44. The summed E-state index contributed by atoms with van der Waals surface area (Å²) in [4.78, 5) is 0. The number of aromatic nitrogens is 1. The van der Waals surface area contributed by atoms with Crippen LogP contribution < -0.4 is 9.67 Å². The van der Waals surface area contributed by atoms with Crippen molar-refractivity contribution in [3.8, 4) is 5.75 Å². The minimum absolute atomic E-state index is 0.120. The highest BCUT2D eigenvalue weighted by molar-refractivity contribution is 7.99. The van der Waals surface area contributed by atoms with Crippen molar-refractivity contribution in [3.63, 3.8) is 0 Å². The van der Waals surface area contributed by atoms with Crippen LogP contribution in [0.3, 0.4) is 0 Å². The summed E-state index contributed by atoms with van der Waals surface area (Å²) in [5.41, 5.74) is 1.12. The minimum atomic E-state index is 0.120. The van der Waals surface area contributed by atoms with Gasteiger partial charge in [0.25, 0.3) is 0 Å². The zero-order valence-electron chi connectivity index (χ0n) is 7.63. The lowest BCUT2D eigenvalue weighted by Crippen LogP contribution is -2.35. The number of nitrogens with zero attached hydrogens (tertiary/aromatic N) is 1. The molecule has 0 radical (unpaired) electrons. The Morgan fingerprint density at radius 1 is 1.50 bits per heavy atom. The third-order valence-corrected chi connectivity index (χ3v) is 2.84. The van der Waals surface area contributed by atoms with Gasteiger partial charge in [-0.2, -0.15) is 4.57 Å². The highest BCUT2D eigenvalue weighted by Gasteiger charge is 2.09.